The van der Waals surface area contributed by atoms with Crippen LogP contribution in [0, 0.1) is 0 Å². The number of fused-ring (bicyclic) bond motifs is 1. The van der Waals surface area contributed by atoms with Crippen molar-refractivity contribution in [2.75, 3.05) is 11.5 Å². The molecular weight excluding hydrogens is 297 g/mol. The fraction of sp³-hybridized carbons (Fsp3) is 0.533. The van der Waals surface area contributed by atoms with Crippen molar-refractivity contribution in [3.63, 3.8) is 0 Å². The van der Waals surface area contributed by atoms with E-state index in [-0.39, 0.29) is 11.3 Å². The molecule has 0 unspecified atom stereocenters. The Kier molecular flexibility index (Phi) is 2.45. The monoisotopic (exact) mass is 324 g/mol. The van der Waals surface area contributed by atoms with E-state index >= 15 is 0 Å². The van der Waals surface area contributed by atoms with Crippen molar-refractivity contribution in [2.45, 2.75) is 44.8 Å². The highest BCUT2D eigenvalue weighted by Crippen LogP contribution is 2.40. The molecule has 2 N–H and O–H groups in total. The van der Waals surface area contributed by atoms with Crippen molar-refractivity contribution < 1.29 is 33.7 Å². The zero-order valence-electron chi connectivity index (χ0n) is 19.3. The van der Waals surface area contributed by atoms with E-state index in [4.69, 9.17) is 16.7 Å². The molecule has 1 aromatic rings. The Morgan fingerprint density at radius 2 is 2.32 bits per heavy atom. The molecule has 1 aliphatic heterocycles. The molecule has 1 amide bonds. The summed E-state index contributed by atoms with van der Waals surface area (Å²) in [5, 5.41) is 0. The van der Waals surface area contributed by atoms with Crippen LogP contribution in [0.4, 0.5) is 23.7 Å². The van der Waals surface area contributed by atoms with E-state index in [0.717, 1.165) is 6.07 Å². The Morgan fingerprint density at radius 1 is 1.55 bits per heavy atom. The molecule has 7 heteroatoms. The summed E-state index contributed by atoms with van der Waals surface area (Å²) in [6.45, 7) is -6.97. The molecule has 0 saturated carbocycles. The Bertz CT molecular complexity index is 811. The van der Waals surface area contributed by atoms with Crippen LogP contribution in [0.5, 0.6) is 0 Å². The van der Waals surface area contributed by atoms with Crippen LogP contribution < -0.4 is 10.6 Å². The Morgan fingerprint density at radius 3 is 2.95 bits per heavy atom. The minimum absolute atomic E-state index is 0.173. The third-order valence-corrected chi connectivity index (χ3v) is 3.36. The second-order valence-electron chi connectivity index (χ2n) is 4.70. The number of hydrogen-bond acceptors (Lipinski definition) is 3. The van der Waals surface area contributed by atoms with E-state index in [2.05, 4.69) is 4.74 Å². The van der Waals surface area contributed by atoms with E-state index in [1.165, 1.54) is 0 Å². The van der Waals surface area contributed by atoms with E-state index < -0.39 is 63.0 Å². The third-order valence-electron chi connectivity index (χ3n) is 3.36. The average molecular weight is 324 g/mol. The number of amides is 1. The highest BCUT2D eigenvalue weighted by Gasteiger charge is 2.37. The third kappa shape index (κ3) is 3.04. The predicted octanol–water partition coefficient (Wildman–Crippen LogP) is 3.85. The van der Waals surface area contributed by atoms with Gasteiger partial charge < -0.3 is 10.5 Å². The lowest BCUT2D eigenvalue weighted by molar-refractivity contribution is -0.137. The molecule has 2 rings (SSSR count). The molecular formula is C15H19F3N2O2. The summed E-state index contributed by atoms with van der Waals surface area (Å²) in [4.78, 5) is 13.2. The van der Waals surface area contributed by atoms with E-state index in [9.17, 15) is 18.0 Å². The number of nitrogens with zero attached hydrogens (tertiary/aromatic N) is 1. The summed E-state index contributed by atoms with van der Waals surface area (Å²) in [7, 11) is 0. The molecule has 1 aromatic carbocycles. The Balaban J connectivity index is 2.60. The minimum atomic E-state index is -4.72. The topological polar surface area (TPSA) is 55.6 Å². The molecule has 0 bridgehead atoms. The number of hydrogen-bond donors (Lipinski definition) is 1. The number of rotatable bonds is 2. The summed E-state index contributed by atoms with van der Waals surface area (Å²) >= 11 is 0. The van der Waals surface area contributed by atoms with Crippen LogP contribution in [0.1, 0.15) is 54.6 Å². The van der Waals surface area contributed by atoms with Crippen LogP contribution in [0.15, 0.2) is 18.2 Å². The molecule has 4 nitrogen and oxygen atoms in total. The second-order valence-corrected chi connectivity index (χ2v) is 4.70. The van der Waals surface area contributed by atoms with Crippen LogP contribution in [0.2, 0.25) is 0 Å². The number of carbonyl (C=O) groups excluding carboxylic acids is 1. The minimum Gasteiger partial charge on any atom is -0.449 e. The van der Waals surface area contributed by atoms with Crippen molar-refractivity contribution >= 4 is 11.8 Å². The summed E-state index contributed by atoms with van der Waals surface area (Å²) in [5.74, 6) is 0. The van der Waals surface area contributed by atoms with Gasteiger partial charge in [-0.05, 0) is 43.4 Å². The number of nitrogens with two attached hydrogens (primary N) is 1. The maximum Gasteiger partial charge on any atom is 0.416 e. The number of ether oxygens (including phenoxy) is 1. The van der Waals surface area contributed by atoms with Crippen LogP contribution in [0.25, 0.3) is 0 Å². The Labute approximate surface area is 138 Å². The molecule has 2 atom stereocenters. The lowest BCUT2D eigenvalue weighted by Gasteiger charge is -2.39. The standard InChI is InChI=1S/C15H19F3N2O2/c1-3-10-8-12(19)11-7-9(15(16,17)18)5-6-13(11)20(10)14(21)22-4-2/h5-7,10,12H,3-4,8,19H2,1-2H3/t10-,12+/m1/s1/i1D3,2D3,3D2. The quantitative estimate of drug-likeness (QED) is 0.899. The smallest absolute Gasteiger partial charge is 0.416 e. The fourth-order valence-electron chi connectivity index (χ4n) is 2.37. The SMILES string of the molecule is [2H]C([2H])([2H])COC(=O)N1c2ccc(C(F)(F)F)cc2[C@@H](N)C[C@H]1C([2H])([2H])C([2H])([2H])[2H]. The van der Waals surface area contributed by atoms with Gasteiger partial charge in [-0.1, -0.05) is 6.85 Å². The summed E-state index contributed by atoms with van der Waals surface area (Å²) in [6.07, 6.45) is -9.67. The van der Waals surface area contributed by atoms with Crippen molar-refractivity contribution in [1.82, 2.24) is 0 Å². The van der Waals surface area contributed by atoms with E-state index in [1.807, 2.05) is 0 Å². The molecule has 1 heterocycles. The lowest BCUT2D eigenvalue weighted by Crippen LogP contribution is -2.46. The van der Waals surface area contributed by atoms with Crippen molar-refractivity contribution in [3.8, 4) is 0 Å². The molecule has 22 heavy (non-hydrogen) atoms. The molecule has 122 valence electrons. The van der Waals surface area contributed by atoms with Gasteiger partial charge in [0.05, 0.1) is 17.9 Å². The first kappa shape index (κ1) is 8.76. The van der Waals surface area contributed by atoms with Gasteiger partial charge >= 0.3 is 12.3 Å². The number of alkyl halides is 3. The van der Waals surface area contributed by atoms with Gasteiger partial charge in [-0.2, -0.15) is 13.2 Å². The lowest BCUT2D eigenvalue weighted by atomic mass is 9.89. The zero-order chi connectivity index (χ0) is 23.3. The maximum absolute atomic E-state index is 13.1. The molecule has 0 spiro atoms. The normalized spacial score (nSPS) is 28.6. The van der Waals surface area contributed by atoms with Gasteiger partial charge in [0.25, 0.3) is 0 Å². The van der Waals surface area contributed by atoms with Gasteiger partial charge in [-0.3, -0.25) is 4.90 Å². The van der Waals surface area contributed by atoms with Crippen LogP contribution in [0.3, 0.4) is 0 Å². The fourth-order valence-corrected chi connectivity index (χ4v) is 2.37. The maximum atomic E-state index is 13.1. The van der Waals surface area contributed by atoms with Crippen LogP contribution >= 0.6 is 0 Å². The van der Waals surface area contributed by atoms with Gasteiger partial charge in [-0.15, -0.1) is 0 Å². The van der Waals surface area contributed by atoms with Gasteiger partial charge in [0.15, 0.2) is 0 Å². The second kappa shape index (κ2) is 6.16. The number of carbonyl (C=O) groups is 1. The van der Waals surface area contributed by atoms with Gasteiger partial charge in [0, 0.05) is 23.0 Å². The number of halogens is 3. The first-order valence-electron chi connectivity index (χ1n) is 10.3. The first-order chi connectivity index (χ1) is 13.4. The number of anilines is 1. The largest absolute Gasteiger partial charge is 0.449 e. The van der Waals surface area contributed by atoms with Crippen molar-refractivity contribution in [1.29, 1.82) is 0 Å². The predicted molar refractivity (Wildman–Crippen MR) is 76.6 cm³/mol. The van der Waals surface area contributed by atoms with Crippen LogP contribution in [-0.2, 0) is 10.9 Å². The molecule has 1 aliphatic rings. The highest BCUT2D eigenvalue weighted by molar-refractivity contribution is 5.90. The average Bonchev–Trinajstić information content (AvgIpc) is 2.56. The Hall–Kier alpha value is -1.76. The summed E-state index contributed by atoms with van der Waals surface area (Å²) in [5.41, 5.74) is 4.39. The molecule has 0 aromatic heterocycles. The van der Waals surface area contributed by atoms with Crippen molar-refractivity contribution in [3.05, 3.63) is 29.3 Å². The first-order valence-corrected chi connectivity index (χ1v) is 6.29. The van der Waals surface area contributed by atoms with Crippen molar-refractivity contribution in [2.24, 2.45) is 5.73 Å². The molecule has 0 saturated heterocycles. The zero-order valence-corrected chi connectivity index (χ0v) is 11.3. The van der Waals surface area contributed by atoms with E-state index in [0.29, 0.717) is 17.0 Å². The molecule has 0 fully saturated rings. The van der Waals surface area contributed by atoms with Gasteiger partial charge in [0.1, 0.15) is 0 Å². The van der Waals surface area contributed by atoms with E-state index in [1.54, 1.807) is 0 Å². The number of benzene rings is 1. The summed E-state index contributed by atoms with van der Waals surface area (Å²) < 4.78 is 104. The van der Waals surface area contributed by atoms with Gasteiger partial charge in [0.2, 0.25) is 0 Å². The highest BCUT2D eigenvalue weighted by atomic mass is 19.4. The summed E-state index contributed by atoms with van der Waals surface area (Å²) in [6, 6.07) is -0.783. The molecule has 0 radical (unpaired) electrons. The van der Waals surface area contributed by atoms with Crippen LogP contribution in [-0.4, -0.2) is 18.7 Å². The molecule has 0 aliphatic carbocycles. The van der Waals surface area contributed by atoms with Gasteiger partial charge in [-0.25, -0.2) is 4.79 Å².